The van der Waals surface area contributed by atoms with Gasteiger partial charge in [-0.1, -0.05) is 13.8 Å². The van der Waals surface area contributed by atoms with Gasteiger partial charge in [-0.05, 0) is 59.7 Å². The summed E-state index contributed by atoms with van der Waals surface area (Å²) in [5.74, 6) is 0.925. The third-order valence-electron chi connectivity index (χ3n) is 3.65. The second-order valence-corrected chi connectivity index (χ2v) is 5.53. The molecule has 0 fully saturated rings. The van der Waals surface area contributed by atoms with Crippen molar-refractivity contribution in [3.63, 3.8) is 0 Å². The van der Waals surface area contributed by atoms with Crippen molar-refractivity contribution in [2.24, 2.45) is 4.99 Å². The summed E-state index contributed by atoms with van der Waals surface area (Å²) in [5.41, 5.74) is 0. The Labute approximate surface area is 161 Å². The second-order valence-electron chi connectivity index (χ2n) is 5.53. The molecule has 0 spiro atoms. The van der Waals surface area contributed by atoms with Crippen LogP contribution in [0.15, 0.2) is 4.99 Å². The van der Waals surface area contributed by atoms with Crippen LogP contribution >= 0.6 is 24.0 Å². The molecule has 0 saturated carbocycles. The smallest absolute Gasteiger partial charge is 0.191 e. The van der Waals surface area contributed by atoms with E-state index < -0.39 is 0 Å². The van der Waals surface area contributed by atoms with Gasteiger partial charge in [0.05, 0.1) is 0 Å². The molecule has 0 aromatic rings. The Bertz CT molecular complexity index is 273. The summed E-state index contributed by atoms with van der Waals surface area (Å²) in [5, 5.41) is 6.81. The van der Waals surface area contributed by atoms with Crippen molar-refractivity contribution in [2.45, 2.75) is 59.9 Å². The zero-order chi connectivity index (χ0) is 16.6. The zero-order valence-electron chi connectivity index (χ0n) is 15.9. The maximum Gasteiger partial charge on any atom is 0.191 e. The molecule has 0 rings (SSSR count). The molecule has 0 aliphatic heterocycles. The Morgan fingerprint density at radius 2 is 1.83 bits per heavy atom. The third-order valence-corrected chi connectivity index (χ3v) is 3.65. The molecular formula is C17H39IN4O. The van der Waals surface area contributed by atoms with Crippen molar-refractivity contribution in [3.8, 4) is 0 Å². The molecule has 6 heteroatoms. The molecule has 140 valence electrons. The lowest BCUT2D eigenvalue weighted by Crippen LogP contribution is -2.42. The summed E-state index contributed by atoms with van der Waals surface area (Å²) >= 11 is 0. The minimum absolute atomic E-state index is 0. The van der Waals surface area contributed by atoms with E-state index in [4.69, 9.17) is 4.74 Å². The highest BCUT2D eigenvalue weighted by atomic mass is 127. The lowest BCUT2D eigenvalue weighted by atomic mass is 10.2. The van der Waals surface area contributed by atoms with E-state index in [1.54, 1.807) is 0 Å². The van der Waals surface area contributed by atoms with E-state index in [0.717, 1.165) is 51.8 Å². The molecule has 0 radical (unpaired) electrons. The summed E-state index contributed by atoms with van der Waals surface area (Å²) in [6.07, 6.45) is 3.36. The SMILES string of the molecule is CCNC(=NCCCOCC)NC(C)CCCN(CC)CC.I. The van der Waals surface area contributed by atoms with Gasteiger partial charge >= 0.3 is 0 Å². The van der Waals surface area contributed by atoms with Gasteiger partial charge < -0.3 is 20.3 Å². The number of hydrogen-bond acceptors (Lipinski definition) is 3. The number of nitrogens with one attached hydrogen (secondary N) is 2. The molecule has 0 saturated heterocycles. The Kier molecular flexibility index (Phi) is 20.0. The van der Waals surface area contributed by atoms with Gasteiger partial charge in [0.1, 0.15) is 0 Å². The molecule has 0 aliphatic rings. The molecule has 5 nitrogen and oxygen atoms in total. The first kappa shape index (κ1) is 25.2. The van der Waals surface area contributed by atoms with E-state index in [-0.39, 0.29) is 24.0 Å². The van der Waals surface area contributed by atoms with Crippen molar-refractivity contribution >= 4 is 29.9 Å². The van der Waals surface area contributed by atoms with Crippen molar-refractivity contribution in [1.29, 1.82) is 0 Å². The van der Waals surface area contributed by atoms with Gasteiger partial charge in [-0.25, -0.2) is 0 Å². The van der Waals surface area contributed by atoms with E-state index in [9.17, 15) is 0 Å². The lowest BCUT2D eigenvalue weighted by molar-refractivity contribution is 0.146. The lowest BCUT2D eigenvalue weighted by Gasteiger charge is -2.21. The minimum Gasteiger partial charge on any atom is -0.382 e. The maximum atomic E-state index is 5.34. The fourth-order valence-corrected chi connectivity index (χ4v) is 2.29. The average Bonchev–Trinajstić information content (AvgIpc) is 2.51. The quantitative estimate of drug-likeness (QED) is 0.199. The number of halogens is 1. The van der Waals surface area contributed by atoms with Crippen molar-refractivity contribution in [2.75, 3.05) is 45.9 Å². The number of hydrogen-bond donors (Lipinski definition) is 2. The van der Waals surface area contributed by atoms with E-state index >= 15 is 0 Å². The molecule has 2 N–H and O–H groups in total. The molecule has 23 heavy (non-hydrogen) atoms. The first-order chi connectivity index (χ1) is 10.7. The number of aliphatic imine (C=N–C) groups is 1. The highest BCUT2D eigenvalue weighted by Gasteiger charge is 2.06. The predicted molar refractivity (Wildman–Crippen MR) is 112 cm³/mol. The van der Waals surface area contributed by atoms with Crippen LogP contribution in [-0.4, -0.2) is 62.8 Å². The minimum atomic E-state index is 0. The average molecular weight is 442 g/mol. The van der Waals surface area contributed by atoms with E-state index in [1.165, 1.54) is 19.4 Å². The molecule has 0 aromatic heterocycles. The van der Waals surface area contributed by atoms with Gasteiger partial charge in [0.15, 0.2) is 5.96 Å². The van der Waals surface area contributed by atoms with Crippen LogP contribution in [-0.2, 0) is 4.74 Å². The van der Waals surface area contributed by atoms with Crippen molar-refractivity contribution in [1.82, 2.24) is 15.5 Å². The summed E-state index contributed by atoms with van der Waals surface area (Å²) in [6, 6.07) is 0.445. The molecule has 0 aromatic carbocycles. The first-order valence-corrected chi connectivity index (χ1v) is 9.02. The van der Waals surface area contributed by atoms with Crippen LogP contribution in [0.3, 0.4) is 0 Å². The summed E-state index contributed by atoms with van der Waals surface area (Å²) < 4.78 is 5.34. The highest BCUT2D eigenvalue weighted by molar-refractivity contribution is 14.0. The fourth-order valence-electron chi connectivity index (χ4n) is 2.29. The molecule has 0 heterocycles. The fraction of sp³-hybridized carbons (Fsp3) is 0.941. The Morgan fingerprint density at radius 1 is 1.13 bits per heavy atom. The number of ether oxygens (including phenoxy) is 1. The molecule has 0 amide bonds. The number of nitrogens with zero attached hydrogens (tertiary/aromatic N) is 2. The number of rotatable bonds is 13. The molecular weight excluding hydrogens is 403 g/mol. The zero-order valence-corrected chi connectivity index (χ0v) is 18.2. The van der Waals surface area contributed by atoms with Gasteiger partial charge in [0.2, 0.25) is 0 Å². The van der Waals surface area contributed by atoms with Crippen molar-refractivity contribution in [3.05, 3.63) is 0 Å². The summed E-state index contributed by atoms with van der Waals surface area (Å²) in [7, 11) is 0. The summed E-state index contributed by atoms with van der Waals surface area (Å²) in [4.78, 5) is 7.08. The van der Waals surface area contributed by atoms with Gasteiger partial charge in [0.25, 0.3) is 0 Å². The van der Waals surface area contributed by atoms with Crippen LogP contribution in [0.4, 0.5) is 0 Å². The van der Waals surface area contributed by atoms with E-state index in [2.05, 4.69) is 48.2 Å². The Balaban J connectivity index is 0. The van der Waals surface area contributed by atoms with Gasteiger partial charge in [-0.2, -0.15) is 0 Å². The summed E-state index contributed by atoms with van der Waals surface area (Å²) in [6.45, 7) is 17.5. The Hall–Kier alpha value is -0.0800. The Morgan fingerprint density at radius 3 is 2.39 bits per heavy atom. The van der Waals surface area contributed by atoms with Crippen LogP contribution in [0.25, 0.3) is 0 Å². The van der Waals surface area contributed by atoms with Gasteiger partial charge in [0, 0.05) is 32.3 Å². The largest absolute Gasteiger partial charge is 0.382 e. The van der Waals surface area contributed by atoms with Gasteiger partial charge in [-0.15, -0.1) is 24.0 Å². The highest BCUT2D eigenvalue weighted by Crippen LogP contribution is 1.99. The van der Waals surface area contributed by atoms with Crippen LogP contribution in [0, 0.1) is 0 Å². The topological polar surface area (TPSA) is 48.9 Å². The van der Waals surface area contributed by atoms with Gasteiger partial charge in [-0.3, -0.25) is 4.99 Å². The second kappa shape index (κ2) is 18.3. The standard InChI is InChI=1S/C17H38N4O.HI/c1-6-18-17(19-13-11-15-22-9-4)20-16(5)12-10-14-21(7-2)8-3;/h16H,6-15H2,1-5H3,(H2,18,19,20);1H. The molecule has 0 bridgehead atoms. The first-order valence-electron chi connectivity index (χ1n) is 9.02. The van der Waals surface area contributed by atoms with Crippen molar-refractivity contribution < 1.29 is 4.74 Å². The third kappa shape index (κ3) is 15.2. The van der Waals surface area contributed by atoms with Crippen LogP contribution < -0.4 is 10.6 Å². The molecule has 1 unspecified atom stereocenters. The normalized spacial score (nSPS) is 12.9. The molecule has 0 aliphatic carbocycles. The molecule has 1 atom stereocenters. The van der Waals surface area contributed by atoms with Crippen LogP contribution in [0.2, 0.25) is 0 Å². The van der Waals surface area contributed by atoms with E-state index in [1.807, 2.05) is 6.92 Å². The monoisotopic (exact) mass is 442 g/mol. The van der Waals surface area contributed by atoms with E-state index in [0.29, 0.717) is 6.04 Å². The van der Waals surface area contributed by atoms with Crippen LogP contribution in [0.1, 0.15) is 53.9 Å². The number of guanidine groups is 1. The van der Waals surface area contributed by atoms with Crippen LogP contribution in [0.5, 0.6) is 0 Å². The maximum absolute atomic E-state index is 5.34. The predicted octanol–water partition coefficient (Wildman–Crippen LogP) is 3.10.